The Morgan fingerprint density at radius 1 is 0.812 bits per heavy atom. The van der Waals surface area contributed by atoms with Gasteiger partial charge in [-0.1, -0.05) is 64.7 Å². The monoisotopic (exact) mass is 229 g/mol. The van der Waals surface area contributed by atoms with Crippen molar-refractivity contribution >= 4 is 0 Å². The maximum Gasteiger partial charge on any atom is 0.104 e. The topological polar surface area (TPSA) is 32.3 Å². The maximum absolute atomic E-state index is 9.27. The largest absolute Gasteiger partial charge is 0.379 e. The molecule has 0 saturated carbocycles. The molecule has 16 heavy (non-hydrogen) atoms. The fourth-order valence-corrected chi connectivity index (χ4v) is 1.97. The lowest BCUT2D eigenvalue weighted by Crippen LogP contribution is -2.23. The van der Waals surface area contributed by atoms with Gasteiger partial charge in [-0.3, -0.25) is 5.32 Å². The normalized spacial score (nSPS) is 12.9. The van der Waals surface area contributed by atoms with Gasteiger partial charge in [-0.15, -0.1) is 0 Å². The Morgan fingerprint density at radius 2 is 1.25 bits per heavy atom. The fraction of sp³-hybridized carbons (Fsp3) is 1.00. The van der Waals surface area contributed by atoms with Gasteiger partial charge in [0.05, 0.1) is 0 Å². The first-order chi connectivity index (χ1) is 7.81. The fourth-order valence-electron chi connectivity index (χ4n) is 1.97. The molecule has 2 heteroatoms. The predicted octanol–water partition coefficient (Wildman–Crippen LogP) is 3.84. The molecule has 1 atom stereocenters. The van der Waals surface area contributed by atoms with Crippen LogP contribution in [0.15, 0.2) is 0 Å². The first kappa shape index (κ1) is 15.9. The van der Waals surface area contributed by atoms with Crippen LogP contribution < -0.4 is 5.32 Å². The summed E-state index contributed by atoms with van der Waals surface area (Å²) >= 11 is 0. The van der Waals surface area contributed by atoms with Gasteiger partial charge in [-0.2, -0.15) is 0 Å². The van der Waals surface area contributed by atoms with Crippen LogP contribution in [0.25, 0.3) is 0 Å². The summed E-state index contributed by atoms with van der Waals surface area (Å²) in [6, 6.07) is 0. The van der Waals surface area contributed by atoms with Crippen molar-refractivity contribution in [1.29, 1.82) is 0 Å². The smallest absolute Gasteiger partial charge is 0.104 e. The summed E-state index contributed by atoms with van der Waals surface area (Å²) in [7, 11) is 1.81. The molecule has 0 aromatic heterocycles. The number of hydrogen-bond donors (Lipinski definition) is 2. The number of rotatable bonds is 12. The van der Waals surface area contributed by atoms with E-state index in [1.807, 2.05) is 0 Å². The molecule has 0 fully saturated rings. The van der Waals surface area contributed by atoms with Crippen LogP contribution in [0.5, 0.6) is 0 Å². The van der Waals surface area contributed by atoms with Crippen LogP contribution in [0.3, 0.4) is 0 Å². The molecule has 0 rings (SSSR count). The molecule has 2 nitrogen and oxygen atoms in total. The minimum atomic E-state index is -0.297. The predicted molar refractivity (Wildman–Crippen MR) is 71.5 cm³/mol. The number of aliphatic hydroxyl groups excluding tert-OH is 1. The number of nitrogens with one attached hydrogen (secondary N) is 1. The molecule has 0 aromatic rings. The molecule has 0 saturated heterocycles. The van der Waals surface area contributed by atoms with Gasteiger partial charge in [-0.25, -0.2) is 0 Å². The Labute approximate surface area is 102 Å². The third kappa shape index (κ3) is 12.0. The summed E-state index contributed by atoms with van der Waals surface area (Å²) in [6.07, 6.45) is 14.1. The summed E-state index contributed by atoms with van der Waals surface area (Å²) < 4.78 is 0. The van der Waals surface area contributed by atoms with Gasteiger partial charge in [0.2, 0.25) is 0 Å². The lowest BCUT2D eigenvalue weighted by molar-refractivity contribution is 0.133. The summed E-state index contributed by atoms with van der Waals surface area (Å²) in [5, 5.41) is 12.1. The van der Waals surface area contributed by atoms with E-state index in [0.717, 1.165) is 12.8 Å². The molecular formula is C14H31NO. The second kappa shape index (κ2) is 13.0. The molecule has 0 spiro atoms. The third-order valence-electron chi connectivity index (χ3n) is 3.16. The third-order valence-corrected chi connectivity index (χ3v) is 3.16. The SMILES string of the molecule is CCCCCCCCCCCCC(O)NC. The van der Waals surface area contributed by atoms with Crippen LogP contribution in [-0.2, 0) is 0 Å². The standard InChI is InChI=1S/C14H31NO/c1-3-4-5-6-7-8-9-10-11-12-13-14(16)15-2/h14-16H,3-13H2,1-2H3. The zero-order valence-electron chi connectivity index (χ0n) is 11.3. The van der Waals surface area contributed by atoms with Crippen LogP contribution in [-0.4, -0.2) is 18.4 Å². The van der Waals surface area contributed by atoms with Crippen LogP contribution in [0.4, 0.5) is 0 Å². The van der Waals surface area contributed by atoms with Crippen molar-refractivity contribution in [3.63, 3.8) is 0 Å². The molecule has 0 aliphatic heterocycles. The first-order valence-corrected chi connectivity index (χ1v) is 7.16. The summed E-state index contributed by atoms with van der Waals surface area (Å²) in [6.45, 7) is 2.26. The number of hydrogen-bond acceptors (Lipinski definition) is 2. The van der Waals surface area contributed by atoms with E-state index in [1.165, 1.54) is 57.8 Å². The van der Waals surface area contributed by atoms with Crippen molar-refractivity contribution < 1.29 is 5.11 Å². The average Bonchev–Trinajstić information content (AvgIpc) is 2.31. The van der Waals surface area contributed by atoms with Crippen LogP contribution in [0, 0.1) is 0 Å². The van der Waals surface area contributed by atoms with Crippen molar-refractivity contribution in [2.24, 2.45) is 0 Å². The van der Waals surface area contributed by atoms with Crippen LogP contribution in [0.1, 0.15) is 77.6 Å². The minimum Gasteiger partial charge on any atom is -0.379 e. The van der Waals surface area contributed by atoms with Crippen LogP contribution >= 0.6 is 0 Å². The molecular weight excluding hydrogens is 198 g/mol. The van der Waals surface area contributed by atoms with Crippen molar-refractivity contribution in [2.45, 2.75) is 83.8 Å². The van der Waals surface area contributed by atoms with Crippen molar-refractivity contribution in [3.05, 3.63) is 0 Å². The first-order valence-electron chi connectivity index (χ1n) is 7.16. The van der Waals surface area contributed by atoms with Gasteiger partial charge in [0.25, 0.3) is 0 Å². The Bertz CT molecular complexity index is 128. The zero-order valence-corrected chi connectivity index (χ0v) is 11.3. The molecule has 2 N–H and O–H groups in total. The molecule has 0 radical (unpaired) electrons. The summed E-state index contributed by atoms with van der Waals surface area (Å²) in [5.74, 6) is 0. The molecule has 0 bridgehead atoms. The van der Waals surface area contributed by atoms with E-state index in [9.17, 15) is 5.11 Å². The minimum absolute atomic E-state index is 0.297. The molecule has 98 valence electrons. The molecule has 0 aliphatic carbocycles. The number of unbranched alkanes of at least 4 members (excludes halogenated alkanes) is 9. The van der Waals surface area contributed by atoms with Crippen molar-refractivity contribution in [2.75, 3.05) is 7.05 Å². The van der Waals surface area contributed by atoms with Gasteiger partial charge >= 0.3 is 0 Å². The van der Waals surface area contributed by atoms with Gasteiger partial charge in [0.15, 0.2) is 0 Å². The van der Waals surface area contributed by atoms with Crippen LogP contribution in [0.2, 0.25) is 0 Å². The number of aliphatic hydroxyl groups is 1. The Kier molecular flexibility index (Phi) is 12.9. The van der Waals surface area contributed by atoms with E-state index < -0.39 is 0 Å². The van der Waals surface area contributed by atoms with Gasteiger partial charge in [0.1, 0.15) is 6.23 Å². The van der Waals surface area contributed by atoms with Gasteiger partial charge < -0.3 is 5.11 Å². The van der Waals surface area contributed by atoms with E-state index in [4.69, 9.17) is 0 Å². The van der Waals surface area contributed by atoms with Crippen molar-refractivity contribution in [1.82, 2.24) is 5.32 Å². The van der Waals surface area contributed by atoms with Gasteiger partial charge in [-0.05, 0) is 19.9 Å². The van der Waals surface area contributed by atoms with Crippen molar-refractivity contribution in [3.8, 4) is 0 Å². The second-order valence-corrected chi connectivity index (χ2v) is 4.78. The summed E-state index contributed by atoms with van der Waals surface area (Å²) in [4.78, 5) is 0. The van der Waals surface area contributed by atoms with Gasteiger partial charge in [0, 0.05) is 0 Å². The lowest BCUT2D eigenvalue weighted by Gasteiger charge is -2.08. The Balaban J connectivity index is 2.93. The molecule has 0 aliphatic rings. The zero-order chi connectivity index (χ0) is 12.1. The molecule has 0 amide bonds. The van der Waals surface area contributed by atoms with E-state index >= 15 is 0 Å². The second-order valence-electron chi connectivity index (χ2n) is 4.78. The Morgan fingerprint density at radius 3 is 1.69 bits per heavy atom. The summed E-state index contributed by atoms with van der Waals surface area (Å²) in [5.41, 5.74) is 0. The molecule has 0 aromatic carbocycles. The molecule has 0 heterocycles. The highest BCUT2D eigenvalue weighted by Gasteiger charge is 1.98. The quantitative estimate of drug-likeness (QED) is 0.394. The van der Waals surface area contributed by atoms with E-state index in [1.54, 1.807) is 7.05 Å². The maximum atomic E-state index is 9.27. The lowest BCUT2D eigenvalue weighted by atomic mass is 10.1. The van der Waals surface area contributed by atoms with E-state index in [2.05, 4.69) is 12.2 Å². The average molecular weight is 229 g/mol. The molecule has 1 unspecified atom stereocenters. The highest BCUT2D eigenvalue weighted by Crippen LogP contribution is 2.11. The Hall–Kier alpha value is -0.0800. The highest BCUT2D eigenvalue weighted by molar-refractivity contribution is 4.51. The van der Waals surface area contributed by atoms with E-state index in [-0.39, 0.29) is 6.23 Å². The highest BCUT2D eigenvalue weighted by atomic mass is 16.3. The van der Waals surface area contributed by atoms with E-state index in [0.29, 0.717) is 0 Å².